The number of fused-ring (bicyclic) bond motifs is 1. The van der Waals surface area contributed by atoms with Gasteiger partial charge in [-0.3, -0.25) is 4.79 Å². The molecule has 1 heterocycles. The van der Waals surface area contributed by atoms with Crippen LogP contribution < -0.4 is 15.0 Å². The molecule has 0 spiro atoms. The second-order valence-electron chi connectivity index (χ2n) is 9.76. The van der Waals surface area contributed by atoms with Crippen molar-refractivity contribution >= 4 is 50.6 Å². The topological polar surface area (TPSA) is 103 Å². The van der Waals surface area contributed by atoms with Crippen molar-refractivity contribution < 1.29 is 19.4 Å². The summed E-state index contributed by atoms with van der Waals surface area (Å²) in [6.07, 6.45) is 1.53. The zero-order chi connectivity index (χ0) is 28.3. The summed E-state index contributed by atoms with van der Waals surface area (Å²) in [5.41, 5.74) is 1.43. The van der Waals surface area contributed by atoms with Crippen LogP contribution in [0.15, 0.2) is 69.0 Å². The van der Waals surface area contributed by atoms with Gasteiger partial charge in [0.15, 0.2) is 11.5 Å². The van der Waals surface area contributed by atoms with Crippen molar-refractivity contribution in [3.8, 4) is 11.5 Å². The van der Waals surface area contributed by atoms with Crippen LogP contribution in [0.2, 0.25) is 5.02 Å². The van der Waals surface area contributed by atoms with Crippen molar-refractivity contribution in [2.75, 3.05) is 6.61 Å². The van der Waals surface area contributed by atoms with Gasteiger partial charge in [0.05, 0.1) is 34.3 Å². The van der Waals surface area contributed by atoms with E-state index in [1.807, 2.05) is 33.8 Å². The zero-order valence-electron chi connectivity index (χ0n) is 21.9. The number of carboxylic acids is 1. The third kappa shape index (κ3) is 6.49. The molecule has 4 aromatic rings. The van der Waals surface area contributed by atoms with Crippen LogP contribution in [0.4, 0.5) is 0 Å². The number of ether oxygens (including phenoxy) is 2. The number of rotatable bonds is 8. The Kier molecular flexibility index (Phi) is 8.42. The highest BCUT2D eigenvalue weighted by atomic mass is 79.9. The van der Waals surface area contributed by atoms with Gasteiger partial charge < -0.3 is 14.6 Å². The largest absolute Gasteiger partial charge is 0.490 e. The molecule has 1 aromatic heterocycles. The van der Waals surface area contributed by atoms with Crippen molar-refractivity contribution in [1.82, 2.24) is 9.66 Å². The number of carboxylic acid groups (broad SMARTS) is 1. The molecular weight excluding hydrogens is 586 g/mol. The Bertz CT molecular complexity index is 1630. The first-order valence-electron chi connectivity index (χ1n) is 12.2. The van der Waals surface area contributed by atoms with E-state index in [4.69, 9.17) is 31.2 Å². The lowest BCUT2D eigenvalue weighted by atomic mass is 9.95. The van der Waals surface area contributed by atoms with E-state index in [2.05, 4.69) is 21.0 Å². The van der Waals surface area contributed by atoms with Gasteiger partial charge in [-0.15, -0.1) is 0 Å². The van der Waals surface area contributed by atoms with Gasteiger partial charge in [-0.2, -0.15) is 9.78 Å². The summed E-state index contributed by atoms with van der Waals surface area (Å²) in [4.78, 5) is 29.2. The van der Waals surface area contributed by atoms with Crippen LogP contribution in [0.25, 0.3) is 10.9 Å². The normalized spacial score (nSPS) is 11.7. The minimum atomic E-state index is -0.995. The molecule has 0 atom stereocenters. The fraction of sp³-hybridized carbons (Fsp3) is 0.241. The predicted octanol–water partition coefficient (Wildman–Crippen LogP) is 6.67. The van der Waals surface area contributed by atoms with Gasteiger partial charge in [-0.05, 0) is 60.5 Å². The highest BCUT2D eigenvalue weighted by Crippen LogP contribution is 2.37. The van der Waals surface area contributed by atoms with Crippen LogP contribution in [-0.2, 0) is 12.0 Å². The molecule has 4 rings (SSSR count). The summed E-state index contributed by atoms with van der Waals surface area (Å²) in [5.74, 6) is 0.287. The number of benzene rings is 3. The maximum absolute atomic E-state index is 13.4. The second kappa shape index (κ2) is 11.6. The highest BCUT2D eigenvalue weighted by Gasteiger charge is 2.23. The van der Waals surface area contributed by atoms with Gasteiger partial charge >= 0.3 is 5.97 Å². The van der Waals surface area contributed by atoms with E-state index in [1.54, 1.807) is 36.4 Å². The highest BCUT2D eigenvalue weighted by molar-refractivity contribution is 9.10. The molecule has 1 N–H and O–H groups in total. The molecule has 8 nitrogen and oxygen atoms in total. The number of hydrogen-bond acceptors (Lipinski definition) is 6. The molecule has 39 heavy (non-hydrogen) atoms. The Labute approximate surface area is 239 Å². The second-order valence-corrected chi connectivity index (χ2v) is 11.1. The van der Waals surface area contributed by atoms with E-state index in [0.717, 1.165) is 10.0 Å². The van der Waals surface area contributed by atoms with E-state index >= 15 is 0 Å². The molecule has 202 valence electrons. The third-order valence-corrected chi connectivity index (χ3v) is 6.49. The third-order valence-electron chi connectivity index (χ3n) is 5.72. The average Bonchev–Trinajstić information content (AvgIpc) is 2.87. The van der Waals surface area contributed by atoms with Crippen LogP contribution in [-0.4, -0.2) is 33.6 Å². The Hall–Kier alpha value is -3.69. The fourth-order valence-electron chi connectivity index (χ4n) is 3.83. The van der Waals surface area contributed by atoms with E-state index in [1.165, 1.54) is 23.0 Å². The van der Waals surface area contributed by atoms with Gasteiger partial charge in [0.1, 0.15) is 12.4 Å². The van der Waals surface area contributed by atoms with Gasteiger partial charge in [-0.25, -0.2) is 9.78 Å². The van der Waals surface area contributed by atoms with Crippen molar-refractivity contribution in [1.29, 1.82) is 0 Å². The molecule has 3 aromatic carbocycles. The smallest absolute Gasteiger partial charge is 0.335 e. The monoisotopic (exact) mass is 611 g/mol. The summed E-state index contributed by atoms with van der Waals surface area (Å²) in [6, 6.07) is 15.2. The van der Waals surface area contributed by atoms with Crippen LogP contribution in [0.3, 0.4) is 0 Å². The zero-order valence-corrected chi connectivity index (χ0v) is 24.2. The predicted molar refractivity (Wildman–Crippen MR) is 156 cm³/mol. The van der Waals surface area contributed by atoms with Crippen molar-refractivity contribution in [3.05, 3.63) is 97.0 Å². The number of halogens is 2. The summed E-state index contributed by atoms with van der Waals surface area (Å²) < 4.78 is 13.8. The van der Waals surface area contributed by atoms with E-state index < -0.39 is 11.4 Å². The SMILES string of the molecule is CCOc1cc(C=Nn2c(C(C)(C)C)nc3ccc(Br)cc3c2=O)cc(Cl)c1OCc1ccc(C(=O)O)cc1. The van der Waals surface area contributed by atoms with Crippen molar-refractivity contribution in [2.24, 2.45) is 5.10 Å². The summed E-state index contributed by atoms with van der Waals surface area (Å²) in [7, 11) is 0. The maximum Gasteiger partial charge on any atom is 0.335 e. The number of aromatic carboxylic acids is 1. The lowest BCUT2D eigenvalue weighted by Crippen LogP contribution is -2.29. The van der Waals surface area contributed by atoms with Crippen LogP contribution >= 0.6 is 27.5 Å². The Morgan fingerprint density at radius 2 is 1.85 bits per heavy atom. The van der Waals surface area contributed by atoms with E-state index in [0.29, 0.717) is 45.4 Å². The summed E-state index contributed by atoms with van der Waals surface area (Å²) in [6.45, 7) is 8.29. The first kappa shape index (κ1) is 28.3. The van der Waals surface area contributed by atoms with Crippen LogP contribution in [0.1, 0.15) is 55.0 Å². The van der Waals surface area contributed by atoms with Gasteiger partial charge in [-0.1, -0.05) is 60.4 Å². The Morgan fingerprint density at radius 3 is 2.49 bits per heavy atom. The standard InChI is InChI=1S/C29H27BrClN3O5/c1-5-38-24-13-18(12-22(31)25(24)39-16-17-6-8-19(9-7-17)27(36)37)15-32-34-26(35)21-14-20(30)10-11-23(21)33-28(34)29(2,3)4/h6-15H,5,16H2,1-4H3,(H,36,37). The molecular formula is C29H27BrClN3O5. The molecule has 0 saturated heterocycles. The first-order valence-corrected chi connectivity index (χ1v) is 13.3. The molecule has 0 bridgehead atoms. The lowest BCUT2D eigenvalue weighted by molar-refractivity contribution is 0.0697. The quantitative estimate of drug-likeness (QED) is 0.223. The number of aromatic nitrogens is 2. The molecule has 0 aliphatic rings. The number of hydrogen-bond donors (Lipinski definition) is 1. The minimum Gasteiger partial charge on any atom is -0.490 e. The lowest BCUT2D eigenvalue weighted by Gasteiger charge is -2.21. The van der Waals surface area contributed by atoms with Crippen LogP contribution in [0, 0.1) is 0 Å². The fourth-order valence-corrected chi connectivity index (χ4v) is 4.47. The van der Waals surface area contributed by atoms with Crippen molar-refractivity contribution in [3.63, 3.8) is 0 Å². The maximum atomic E-state index is 13.4. The molecule has 0 aliphatic carbocycles. The molecule has 0 fully saturated rings. The number of nitrogens with zero attached hydrogens (tertiary/aromatic N) is 3. The molecule has 10 heteroatoms. The van der Waals surface area contributed by atoms with Crippen molar-refractivity contribution in [2.45, 2.75) is 39.7 Å². The van der Waals surface area contributed by atoms with E-state index in [-0.39, 0.29) is 17.7 Å². The molecule has 0 saturated carbocycles. The van der Waals surface area contributed by atoms with Gasteiger partial charge in [0.25, 0.3) is 5.56 Å². The molecule has 0 radical (unpaired) electrons. The summed E-state index contributed by atoms with van der Waals surface area (Å²) >= 11 is 10.0. The van der Waals surface area contributed by atoms with Crippen LogP contribution in [0.5, 0.6) is 11.5 Å². The first-order chi connectivity index (χ1) is 18.5. The summed E-state index contributed by atoms with van der Waals surface area (Å²) in [5, 5.41) is 14.3. The molecule has 0 aliphatic heterocycles. The molecule has 0 amide bonds. The Morgan fingerprint density at radius 1 is 1.13 bits per heavy atom. The van der Waals surface area contributed by atoms with Gasteiger partial charge in [0, 0.05) is 9.89 Å². The average molecular weight is 613 g/mol. The molecule has 0 unspecified atom stereocenters. The van der Waals surface area contributed by atoms with E-state index in [9.17, 15) is 9.59 Å². The minimum absolute atomic E-state index is 0.162. The van der Waals surface area contributed by atoms with Gasteiger partial charge in [0.2, 0.25) is 0 Å². The Balaban J connectivity index is 1.69. The number of carbonyl (C=O) groups is 1.